The molecule has 0 heterocycles. The van der Waals surface area contributed by atoms with Gasteiger partial charge in [0, 0.05) is 23.9 Å². The number of esters is 1. The van der Waals surface area contributed by atoms with E-state index in [2.05, 4.69) is 65.1 Å². The predicted octanol–water partition coefficient (Wildman–Crippen LogP) is 10.7. The smallest absolute Gasteiger partial charge is 0.309 e. The van der Waals surface area contributed by atoms with Crippen LogP contribution in [0.15, 0.2) is 17.1 Å². The lowest BCUT2D eigenvalue weighted by Crippen LogP contribution is -2.67. The van der Waals surface area contributed by atoms with Crippen LogP contribution in [0.5, 0.6) is 0 Å². The normalized spacial score (nSPS) is 37.3. The van der Waals surface area contributed by atoms with Crippen molar-refractivity contribution in [3.05, 3.63) is 41.0 Å². The number of aliphatic imine (C=N–C) groups is 1. The summed E-state index contributed by atoms with van der Waals surface area (Å²) in [6.45, 7) is 23.8. The minimum Gasteiger partial charge on any atom is -0.481 e. The molecule has 5 saturated carbocycles. The van der Waals surface area contributed by atoms with Gasteiger partial charge in [-0.2, -0.15) is 0 Å². The Bertz CT molecular complexity index is 1800. The molecule has 2 N–H and O–H groups in total. The van der Waals surface area contributed by atoms with E-state index in [4.69, 9.17) is 4.74 Å². The van der Waals surface area contributed by atoms with Gasteiger partial charge in [0.2, 0.25) is 5.91 Å². The van der Waals surface area contributed by atoms with Gasteiger partial charge in [-0.3, -0.25) is 19.4 Å². The molecule has 5 aliphatic rings. The molecule has 0 saturated heterocycles. The number of carboxylic acids is 1. The Hall–Kier alpha value is -3.24. The van der Waals surface area contributed by atoms with Crippen molar-refractivity contribution in [3.8, 4) is 0 Å². The maximum atomic E-state index is 14.8. The van der Waals surface area contributed by atoms with Crippen LogP contribution >= 0.6 is 0 Å². The fourth-order valence-electron chi connectivity index (χ4n) is 13.9. The van der Waals surface area contributed by atoms with Gasteiger partial charge in [0.05, 0.1) is 11.8 Å². The van der Waals surface area contributed by atoms with E-state index in [9.17, 15) is 37.1 Å². The second kappa shape index (κ2) is 14.2. The van der Waals surface area contributed by atoms with Crippen LogP contribution in [-0.2, 0) is 25.7 Å². The zero-order chi connectivity index (χ0) is 41.6. The van der Waals surface area contributed by atoms with Crippen molar-refractivity contribution in [2.24, 2.45) is 67.1 Å². The largest absolute Gasteiger partial charge is 0.481 e. The lowest BCUT2D eigenvalue weighted by atomic mass is 9.32. The highest BCUT2D eigenvalue weighted by Gasteiger charge is 2.71. The number of aliphatic carboxylic acids is 1. The molecule has 56 heavy (non-hydrogen) atoms. The van der Waals surface area contributed by atoms with Crippen molar-refractivity contribution in [2.75, 3.05) is 0 Å². The van der Waals surface area contributed by atoms with Crippen molar-refractivity contribution in [2.45, 2.75) is 145 Å². The van der Waals surface area contributed by atoms with Gasteiger partial charge in [0.25, 0.3) is 0 Å². The van der Waals surface area contributed by atoms with Crippen LogP contribution in [0.4, 0.5) is 23.2 Å². The number of carbonyl (C=O) groups excluding carboxylic acids is 2. The van der Waals surface area contributed by atoms with Crippen molar-refractivity contribution in [1.82, 2.24) is 5.32 Å². The molecule has 11 heteroatoms. The number of halogens is 4. The Labute approximate surface area is 329 Å². The molecule has 1 aromatic carbocycles. The van der Waals surface area contributed by atoms with E-state index in [1.54, 1.807) is 13.8 Å². The molecule has 5 fully saturated rings. The number of nitrogens with one attached hydrogen (secondary N) is 1. The SMILES string of the molecule is C=Nc1c(F)c(F)c(CNC(=O)C[C@]23CC[C@@H](C(=C)C)[C@@H]2[C@H]2CC[C@@H]4[C@@]5(C)CC[C@H](OC(=O)CC(C)(C)C(=O)O)C(C)(C)[C@@H]5CC[C@@]4(C)[C@]2(C)CC3)c(F)c1F. The molecule has 0 bridgehead atoms. The highest BCUT2D eigenvalue weighted by Crippen LogP contribution is 2.78. The van der Waals surface area contributed by atoms with E-state index >= 15 is 0 Å². The zero-order valence-electron chi connectivity index (χ0n) is 34.6. The van der Waals surface area contributed by atoms with Crippen LogP contribution in [-0.4, -0.2) is 35.8 Å². The van der Waals surface area contributed by atoms with E-state index in [0.717, 1.165) is 69.8 Å². The first kappa shape index (κ1) is 42.4. The number of benzene rings is 1. The van der Waals surface area contributed by atoms with E-state index in [1.807, 2.05) is 0 Å². The Kier molecular flexibility index (Phi) is 10.8. The number of allylic oxidation sites excluding steroid dienone is 1. The number of ether oxygens (including phenoxy) is 1. The summed E-state index contributed by atoms with van der Waals surface area (Å²) in [7, 11) is 0. The van der Waals surface area contributed by atoms with Gasteiger partial charge in [-0.05, 0) is 143 Å². The number of rotatable bonds is 10. The summed E-state index contributed by atoms with van der Waals surface area (Å²) < 4.78 is 64.7. The van der Waals surface area contributed by atoms with Crippen LogP contribution in [0, 0.1) is 85.3 Å². The quantitative estimate of drug-likeness (QED) is 0.0808. The molecule has 1 amide bonds. The highest BCUT2D eigenvalue weighted by molar-refractivity contribution is 5.81. The summed E-state index contributed by atoms with van der Waals surface area (Å²) in [5, 5.41) is 12.2. The van der Waals surface area contributed by atoms with Gasteiger partial charge < -0.3 is 15.2 Å². The minimum atomic E-state index is -1.64. The molecule has 0 aromatic heterocycles. The molecule has 10 atom stereocenters. The Balaban J connectivity index is 1.23. The number of nitrogens with zero attached hydrogens (tertiary/aromatic N) is 1. The molecule has 0 spiro atoms. The lowest BCUT2D eigenvalue weighted by molar-refractivity contribution is -0.250. The van der Waals surface area contributed by atoms with E-state index < -0.39 is 64.3 Å². The number of hydrogen-bond acceptors (Lipinski definition) is 5. The molecular weight excluding hydrogens is 724 g/mol. The number of hydrogen-bond donors (Lipinski definition) is 2. The zero-order valence-corrected chi connectivity index (χ0v) is 34.6. The fraction of sp³-hybridized carbons (Fsp3) is 0.733. The molecule has 310 valence electrons. The third kappa shape index (κ3) is 6.34. The number of amides is 1. The average molecular weight is 787 g/mol. The van der Waals surface area contributed by atoms with Gasteiger partial charge >= 0.3 is 11.9 Å². The summed E-state index contributed by atoms with van der Waals surface area (Å²) in [4.78, 5) is 41.6. The van der Waals surface area contributed by atoms with Crippen LogP contribution in [0.2, 0.25) is 0 Å². The molecule has 0 aliphatic heterocycles. The van der Waals surface area contributed by atoms with Crippen LogP contribution in [0.1, 0.15) is 138 Å². The Morgan fingerprint density at radius 3 is 2.09 bits per heavy atom. The summed E-state index contributed by atoms with van der Waals surface area (Å²) in [5.41, 5.74) is -2.74. The molecule has 0 radical (unpaired) electrons. The molecular formula is C45H62F4N2O5. The van der Waals surface area contributed by atoms with E-state index in [1.165, 1.54) is 0 Å². The summed E-state index contributed by atoms with van der Waals surface area (Å²) in [6, 6.07) is 0. The van der Waals surface area contributed by atoms with E-state index in [0.29, 0.717) is 17.8 Å². The van der Waals surface area contributed by atoms with Crippen molar-refractivity contribution >= 4 is 30.3 Å². The van der Waals surface area contributed by atoms with Crippen molar-refractivity contribution in [1.29, 1.82) is 0 Å². The van der Waals surface area contributed by atoms with Gasteiger partial charge in [0.1, 0.15) is 11.8 Å². The Morgan fingerprint density at radius 2 is 1.50 bits per heavy atom. The van der Waals surface area contributed by atoms with Crippen molar-refractivity contribution < 1.29 is 41.8 Å². The standard InChI is InChI=1S/C45H62F4N2O5/c1-24(2)25-13-18-45(21-31(52)51-23-26-34(46)36(48)38(50-10)37(49)35(26)47)20-19-43(8)27(33(25)45)11-12-29-42(7)16-15-30(56-32(53)22-40(3,4)39(54)55)41(5,6)28(42)14-17-44(29,43)9/h25,27-30,33H,1,10-23H2,2-9H3,(H,51,52)(H,54,55)/t25-,27+,28-,29+,30-,33+,42-,43+,44+,45+/m0/s1. The maximum Gasteiger partial charge on any atom is 0.309 e. The summed E-state index contributed by atoms with van der Waals surface area (Å²) in [6.07, 6.45) is 8.94. The third-order valence-electron chi connectivity index (χ3n) is 17.1. The highest BCUT2D eigenvalue weighted by atomic mass is 19.2. The van der Waals surface area contributed by atoms with Gasteiger partial charge in [-0.1, -0.05) is 46.8 Å². The molecule has 0 unspecified atom stereocenters. The van der Waals surface area contributed by atoms with Crippen LogP contribution in [0.25, 0.3) is 0 Å². The lowest BCUT2D eigenvalue weighted by Gasteiger charge is -2.73. The summed E-state index contributed by atoms with van der Waals surface area (Å²) >= 11 is 0. The Morgan fingerprint density at radius 1 is 0.857 bits per heavy atom. The summed E-state index contributed by atoms with van der Waals surface area (Å²) in [5.74, 6) is -6.85. The monoisotopic (exact) mass is 786 g/mol. The first-order valence-corrected chi connectivity index (χ1v) is 20.6. The number of carboxylic acid groups (broad SMARTS) is 1. The van der Waals surface area contributed by atoms with Crippen LogP contribution in [0.3, 0.4) is 0 Å². The number of fused-ring (bicyclic) bond motifs is 7. The molecule has 7 nitrogen and oxygen atoms in total. The van der Waals surface area contributed by atoms with Gasteiger partial charge in [0.15, 0.2) is 23.3 Å². The predicted molar refractivity (Wildman–Crippen MR) is 207 cm³/mol. The minimum absolute atomic E-state index is 0.00894. The molecule has 1 aromatic rings. The van der Waals surface area contributed by atoms with Gasteiger partial charge in [-0.15, -0.1) is 0 Å². The third-order valence-corrected chi connectivity index (χ3v) is 17.1. The topological polar surface area (TPSA) is 105 Å². The first-order valence-electron chi connectivity index (χ1n) is 20.6. The maximum absolute atomic E-state index is 14.8. The number of carbonyl (C=O) groups is 3. The first-order chi connectivity index (χ1) is 25.9. The van der Waals surface area contributed by atoms with Crippen LogP contribution < -0.4 is 5.32 Å². The van der Waals surface area contributed by atoms with E-state index in [-0.39, 0.29) is 57.9 Å². The van der Waals surface area contributed by atoms with Gasteiger partial charge in [-0.25, -0.2) is 17.6 Å². The molecule has 5 aliphatic carbocycles. The second-order valence-electron chi connectivity index (χ2n) is 20.4. The average Bonchev–Trinajstić information content (AvgIpc) is 3.48. The molecule has 6 rings (SSSR count). The fourth-order valence-corrected chi connectivity index (χ4v) is 13.9. The van der Waals surface area contributed by atoms with Crippen molar-refractivity contribution in [3.63, 3.8) is 0 Å². The second-order valence-corrected chi connectivity index (χ2v) is 20.4.